The molecule has 1 aromatic heterocycles. The Labute approximate surface area is 206 Å². The summed E-state index contributed by atoms with van der Waals surface area (Å²) < 4.78 is 6.01. The Kier molecular flexibility index (Phi) is 7.35. The van der Waals surface area contributed by atoms with Crippen LogP contribution >= 0.6 is 0 Å². The largest absolute Gasteiger partial charge is 0.492 e. The van der Waals surface area contributed by atoms with E-state index in [1.807, 2.05) is 66.7 Å². The molecule has 35 heavy (non-hydrogen) atoms. The zero-order valence-corrected chi connectivity index (χ0v) is 19.8. The van der Waals surface area contributed by atoms with Gasteiger partial charge in [-0.2, -0.15) is 0 Å². The summed E-state index contributed by atoms with van der Waals surface area (Å²) in [7, 11) is 0. The number of aromatic nitrogens is 1. The Hall–Kier alpha value is -3.70. The molecule has 5 heteroatoms. The number of nitrogens with one attached hydrogen (secondary N) is 1. The number of nitrogens with zero attached hydrogens (tertiary/aromatic N) is 2. The molecule has 1 atom stereocenters. The fraction of sp³-hybridized carbons (Fsp3) is 0.267. The van der Waals surface area contributed by atoms with Crippen LogP contribution in [0.5, 0.6) is 5.75 Å². The maximum Gasteiger partial charge on any atom is 0.224 e. The topological polar surface area (TPSA) is 54.5 Å². The molecular formula is C30H31N3O2. The van der Waals surface area contributed by atoms with E-state index in [0.29, 0.717) is 6.61 Å². The Morgan fingerprint density at radius 2 is 1.66 bits per heavy atom. The Morgan fingerprint density at radius 3 is 2.43 bits per heavy atom. The van der Waals surface area contributed by atoms with E-state index in [9.17, 15) is 4.79 Å². The normalized spacial score (nSPS) is 15.5. The quantitative estimate of drug-likeness (QED) is 0.387. The molecular weight excluding hydrogens is 434 g/mol. The highest BCUT2D eigenvalue weighted by molar-refractivity contribution is 5.83. The Balaban J connectivity index is 1.12. The molecule has 5 rings (SSSR count). The molecule has 1 aliphatic rings. The number of ether oxygens (including phenoxy) is 1. The molecule has 0 aliphatic carbocycles. The lowest BCUT2D eigenvalue weighted by Crippen LogP contribution is -2.42. The molecule has 5 nitrogen and oxygen atoms in total. The molecule has 1 N–H and O–H groups in total. The van der Waals surface area contributed by atoms with Gasteiger partial charge < -0.3 is 10.1 Å². The van der Waals surface area contributed by atoms with Gasteiger partial charge in [0.25, 0.3) is 0 Å². The van der Waals surface area contributed by atoms with E-state index in [4.69, 9.17) is 4.74 Å². The van der Waals surface area contributed by atoms with Crippen LogP contribution in [0.25, 0.3) is 10.8 Å². The van der Waals surface area contributed by atoms with Gasteiger partial charge in [0.15, 0.2) is 0 Å². The summed E-state index contributed by atoms with van der Waals surface area (Å²) in [5.74, 6) is 1.03. The lowest BCUT2D eigenvalue weighted by Gasteiger charge is -2.32. The fourth-order valence-electron chi connectivity index (χ4n) is 4.75. The van der Waals surface area contributed by atoms with Gasteiger partial charge in [-0.25, -0.2) is 0 Å². The van der Waals surface area contributed by atoms with Gasteiger partial charge in [-0.1, -0.05) is 66.7 Å². The van der Waals surface area contributed by atoms with Crippen LogP contribution in [0.15, 0.2) is 97.2 Å². The molecule has 0 spiro atoms. The summed E-state index contributed by atoms with van der Waals surface area (Å²) >= 11 is 0. The second kappa shape index (κ2) is 11.2. The number of rotatable bonds is 8. The second-order valence-corrected chi connectivity index (χ2v) is 9.08. The summed E-state index contributed by atoms with van der Waals surface area (Å²) in [4.78, 5) is 20.1. The van der Waals surface area contributed by atoms with E-state index < -0.39 is 0 Å². The number of hydrogen-bond acceptors (Lipinski definition) is 4. The summed E-state index contributed by atoms with van der Waals surface area (Å²) in [6.07, 6.45) is 3.48. The van der Waals surface area contributed by atoms with E-state index in [-0.39, 0.29) is 17.9 Å². The number of fused-ring (bicyclic) bond motifs is 1. The fourth-order valence-corrected chi connectivity index (χ4v) is 4.75. The number of amides is 1. The summed E-state index contributed by atoms with van der Waals surface area (Å²) in [5.41, 5.74) is 1.90. The van der Waals surface area contributed by atoms with Crippen LogP contribution < -0.4 is 10.1 Å². The van der Waals surface area contributed by atoms with E-state index in [0.717, 1.165) is 49.5 Å². The average molecular weight is 466 g/mol. The number of likely N-dealkylation sites (tertiary alicyclic amines) is 1. The number of piperidine rings is 1. The lowest BCUT2D eigenvalue weighted by molar-refractivity contribution is -0.127. The van der Waals surface area contributed by atoms with Gasteiger partial charge in [-0.15, -0.1) is 0 Å². The molecule has 1 aliphatic heterocycles. The van der Waals surface area contributed by atoms with Crippen molar-refractivity contribution in [1.82, 2.24) is 15.2 Å². The summed E-state index contributed by atoms with van der Waals surface area (Å²) in [5, 5.41) is 5.68. The smallest absolute Gasteiger partial charge is 0.224 e. The number of hydrogen-bond donors (Lipinski definition) is 1. The van der Waals surface area contributed by atoms with Crippen LogP contribution in [-0.4, -0.2) is 42.0 Å². The van der Waals surface area contributed by atoms with Crippen molar-refractivity contribution < 1.29 is 9.53 Å². The predicted molar refractivity (Wildman–Crippen MR) is 139 cm³/mol. The molecule has 0 bridgehead atoms. The minimum absolute atomic E-state index is 0.0163. The van der Waals surface area contributed by atoms with Crippen LogP contribution in [0.2, 0.25) is 0 Å². The SMILES string of the molecule is O=C(NC(c1ccccc1)c1ccccn1)C1CCN(CCOc2ccc3ccccc3c2)CC1. The average Bonchev–Trinajstić information content (AvgIpc) is 2.93. The molecule has 1 saturated heterocycles. The first-order valence-electron chi connectivity index (χ1n) is 12.4. The minimum atomic E-state index is -0.238. The van der Waals surface area contributed by atoms with Gasteiger partial charge in [-0.3, -0.25) is 14.7 Å². The third kappa shape index (κ3) is 5.87. The van der Waals surface area contributed by atoms with Crippen LogP contribution in [0.1, 0.15) is 30.1 Å². The Morgan fingerprint density at radius 1 is 0.914 bits per heavy atom. The minimum Gasteiger partial charge on any atom is -0.492 e. The van der Waals surface area contributed by atoms with Crippen LogP contribution in [0.3, 0.4) is 0 Å². The van der Waals surface area contributed by atoms with Crippen molar-refractivity contribution in [3.8, 4) is 5.75 Å². The van der Waals surface area contributed by atoms with Gasteiger partial charge in [0.2, 0.25) is 5.91 Å². The Bertz CT molecular complexity index is 1200. The molecule has 1 fully saturated rings. The number of benzene rings is 3. The highest BCUT2D eigenvalue weighted by Gasteiger charge is 2.27. The summed E-state index contributed by atoms with van der Waals surface area (Å²) in [6.45, 7) is 3.31. The third-order valence-corrected chi connectivity index (χ3v) is 6.76. The monoisotopic (exact) mass is 465 g/mol. The number of carbonyl (C=O) groups excluding carboxylic acids is 1. The number of pyridine rings is 1. The molecule has 1 amide bonds. The predicted octanol–water partition coefficient (Wildman–Crippen LogP) is 5.23. The van der Waals surface area contributed by atoms with Crippen molar-refractivity contribution >= 4 is 16.7 Å². The van der Waals surface area contributed by atoms with Crippen molar-refractivity contribution in [3.05, 3.63) is 108 Å². The van der Waals surface area contributed by atoms with Crippen LogP contribution in [-0.2, 0) is 4.79 Å². The number of carbonyl (C=O) groups is 1. The van der Waals surface area contributed by atoms with Gasteiger partial charge in [0.05, 0.1) is 11.7 Å². The van der Waals surface area contributed by atoms with Crippen molar-refractivity contribution in [2.45, 2.75) is 18.9 Å². The van der Waals surface area contributed by atoms with E-state index >= 15 is 0 Å². The van der Waals surface area contributed by atoms with Gasteiger partial charge >= 0.3 is 0 Å². The van der Waals surface area contributed by atoms with Gasteiger partial charge in [-0.05, 0) is 66.5 Å². The van der Waals surface area contributed by atoms with Crippen LogP contribution in [0, 0.1) is 5.92 Å². The van der Waals surface area contributed by atoms with Gasteiger partial charge in [0.1, 0.15) is 12.4 Å². The first-order valence-corrected chi connectivity index (χ1v) is 12.4. The van der Waals surface area contributed by atoms with Crippen molar-refractivity contribution in [2.75, 3.05) is 26.2 Å². The first kappa shape index (κ1) is 23.1. The standard InChI is InChI=1S/C30H31N3O2/c34-30(32-29(24-9-2-1-3-10-24)28-12-6-7-17-31-28)25-15-18-33(19-16-25)20-21-35-27-14-13-23-8-4-5-11-26(23)22-27/h1-14,17,22,25,29H,15-16,18-21H2,(H,32,34). The molecule has 0 saturated carbocycles. The third-order valence-electron chi connectivity index (χ3n) is 6.76. The highest BCUT2D eigenvalue weighted by Crippen LogP contribution is 2.24. The van der Waals surface area contributed by atoms with Crippen molar-refractivity contribution in [3.63, 3.8) is 0 Å². The maximum atomic E-state index is 13.2. The zero-order chi connectivity index (χ0) is 23.9. The zero-order valence-electron chi connectivity index (χ0n) is 19.8. The lowest BCUT2D eigenvalue weighted by atomic mass is 9.94. The van der Waals surface area contributed by atoms with Crippen molar-refractivity contribution in [1.29, 1.82) is 0 Å². The van der Waals surface area contributed by atoms with E-state index in [1.165, 1.54) is 10.8 Å². The molecule has 3 aromatic carbocycles. The van der Waals surface area contributed by atoms with Crippen LogP contribution in [0.4, 0.5) is 0 Å². The second-order valence-electron chi connectivity index (χ2n) is 9.08. The van der Waals surface area contributed by atoms with E-state index in [2.05, 4.69) is 39.5 Å². The van der Waals surface area contributed by atoms with Gasteiger partial charge in [0, 0.05) is 18.7 Å². The van der Waals surface area contributed by atoms with Crippen molar-refractivity contribution in [2.24, 2.45) is 5.92 Å². The maximum absolute atomic E-state index is 13.2. The molecule has 0 radical (unpaired) electrons. The molecule has 178 valence electrons. The molecule has 1 unspecified atom stereocenters. The highest BCUT2D eigenvalue weighted by atomic mass is 16.5. The first-order chi connectivity index (χ1) is 17.3. The van der Waals surface area contributed by atoms with E-state index in [1.54, 1.807) is 6.20 Å². The summed E-state index contributed by atoms with van der Waals surface area (Å²) in [6, 6.07) is 30.2. The molecule has 4 aromatic rings. The molecule has 2 heterocycles.